The van der Waals surface area contributed by atoms with Crippen molar-refractivity contribution in [3.63, 3.8) is 0 Å². The average Bonchev–Trinajstić information content (AvgIpc) is 2.65. The van der Waals surface area contributed by atoms with Crippen molar-refractivity contribution in [2.75, 3.05) is 26.4 Å². The average molecular weight is 358 g/mol. The number of hydrogen-bond acceptors (Lipinski definition) is 4. The summed E-state index contributed by atoms with van der Waals surface area (Å²) in [6.45, 7) is 3.57. The monoisotopic (exact) mass is 357 g/mol. The highest BCUT2D eigenvalue weighted by Gasteiger charge is 2.34. The topological polar surface area (TPSA) is 67.8 Å². The van der Waals surface area contributed by atoms with E-state index in [4.69, 9.17) is 9.47 Å². The fourth-order valence-electron chi connectivity index (χ4n) is 3.25. The van der Waals surface area contributed by atoms with Gasteiger partial charge in [0.25, 0.3) is 0 Å². The Kier molecular flexibility index (Phi) is 12.8. The predicted octanol–water partition coefficient (Wildman–Crippen LogP) is 4.57. The van der Waals surface area contributed by atoms with Crippen LogP contribution in [0, 0.1) is 0 Å². The van der Waals surface area contributed by atoms with Crippen molar-refractivity contribution in [1.29, 1.82) is 0 Å². The highest BCUT2D eigenvalue weighted by molar-refractivity contribution is 5.67. The van der Waals surface area contributed by atoms with E-state index in [-0.39, 0.29) is 13.2 Å². The lowest BCUT2D eigenvalue weighted by Gasteiger charge is -2.34. The van der Waals surface area contributed by atoms with Crippen LogP contribution in [0.5, 0.6) is 0 Å². The van der Waals surface area contributed by atoms with Crippen LogP contribution in [0.15, 0.2) is 0 Å². The van der Waals surface area contributed by atoms with E-state index >= 15 is 0 Å². The van der Waals surface area contributed by atoms with E-state index in [0.29, 0.717) is 13.2 Å². The summed E-state index contributed by atoms with van der Waals surface area (Å²) >= 11 is 0. The maximum atomic E-state index is 11.7. The molecule has 1 rings (SSSR count). The van der Waals surface area contributed by atoms with Crippen LogP contribution < -0.4 is 5.32 Å². The minimum Gasteiger partial charge on any atom is -0.446 e. The van der Waals surface area contributed by atoms with Gasteiger partial charge in [0, 0.05) is 13.2 Å². The zero-order valence-electron chi connectivity index (χ0n) is 16.2. The van der Waals surface area contributed by atoms with Gasteiger partial charge < -0.3 is 19.9 Å². The molecule has 0 radical (unpaired) electrons. The van der Waals surface area contributed by atoms with Gasteiger partial charge >= 0.3 is 6.09 Å². The number of nitrogens with one attached hydrogen (secondary N) is 1. The van der Waals surface area contributed by atoms with Crippen LogP contribution in [0.25, 0.3) is 0 Å². The number of aliphatic hydroxyl groups is 1. The third kappa shape index (κ3) is 10.7. The number of ether oxygens (including phenoxy) is 2. The molecule has 25 heavy (non-hydrogen) atoms. The van der Waals surface area contributed by atoms with Gasteiger partial charge in [-0.1, -0.05) is 64.7 Å². The smallest absolute Gasteiger partial charge is 0.407 e. The summed E-state index contributed by atoms with van der Waals surface area (Å²) in [4.78, 5) is 11.7. The molecule has 5 nitrogen and oxygen atoms in total. The molecule has 1 atom stereocenters. The maximum Gasteiger partial charge on any atom is 0.407 e. The van der Waals surface area contributed by atoms with Gasteiger partial charge in [0.05, 0.1) is 6.61 Å². The van der Waals surface area contributed by atoms with Crippen molar-refractivity contribution >= 4 is 6.09 Å². The van der Waals surface area contributed by atoms with E-state index in [1.165, 1.54) is 51.4 Å². The first-order valence-corrected chi connectivity index (χ1v) is 10.4. The Bertz CT molecular complexity index is 330. The van der Waals surface area contributed by atoms with E-state index in [9.17, 15) is 9.90 Å². The molecule has 1 fully saturated rings. The molecule has 0 spiro atoms. The van der Waals surface area contributed by atoms with Crippen LogP contribution in [0.2, 0.25) is 0 Å². The number of carbonyl (C=O) groups excluding carboxylic acids is 1. The van der Waals surface area contributed by atoms with Crippen molar-refractivity contribution in [2.45, 2.75) is 96.0 Å². The highest BCUT2D eigenvalue weighted by Crippen LogP contribution is 2.24. The lowest BCUT2D eigenvalue weighted by Crippen LogP contribution is -2.45. The second-order valence-corrected chi connectivity index (χ2v) is 7.33. The lowest BCUT2D eigenvalue weighted by atomic mass is 9.96. The number of unbranched alkanes of at least 4 members (excludes halogenated alkanes) is 9. The Hall–Kier alpha value is -0.810. The number of alkyl carbamates (subject to hydrolysis) is 1. The number of rotatable bonds is 14. The molecular weight excluding hydrogens is 318 g/mol. The van der Waals surface area contributed by atoms with E-state index in [0.717, 1.165) is 32.1 Å². The molecule has 0 aliphatic carbocycles. The summed E-state index contributed by atoms with van der Waals surface area (Å²) in [6.07, 6.45) is 15.2. The first-order valence-electron chi connectivity index (χ1n) is 10.4. The fourth-order valence-corrected chi connectivity index (χ4v) is 3.25. The van der Waals surface area contributed by atoms with Gasteiger partial charge in [-0.05, 0) is 25.7 Å². The quantitative estimate of drug-likeness (QED) is 0.447. The van der Waals surface area contributed by atoms with E-state index < -0.39 is 11.7 Å². The van der Waals surface area contributed by atoms with E-state index in [1.54, 1.807) is 0 Å². The zero-order chi connectivity index (χ0) is 18.2. The third-order valence-electron chi connectivity index (χ3n) is 4.99. The molecule has 0 aromatic carbocycles. The predicted molar refractivity (Wildman–Crippen MR) is 101 cm³/mol. The molecular formula is C20H39NO4. The summed E-state index contributed by atoms with van der Waals surface area (Å²) in [5.41, 5.74) is -0.688. The maximum absolute atomic E-state index is 11.7. The number of carbonyl (C=O) groups is 1. The SMILES string of the molecule is CCCCCCCCCCCCNC(=O)OCC1(CO)CCCCO1. The minimum absolute atomic E-state index is 0.0985. The number of aliphatic hydroxyl groups excluding tert-OH is 1. The summed E-state index contributed by atoms with van der Waals surface area (Å²) in [5.74, 6) is 0. The lowest BCUT2D eigenvalue weighted by molar-refractivity contribution is -0.133. The number of hydrogen-bond donors (Lipinski definition) is 2. The second-order valence-electron chi connectivity index (χ2n) is 7.33. The van der Waals surface area contributed by atoms with Crippen molar-refractivity contribution in [3.05, 3.63) is 0 Å². The summed E-state index contributed by atoms with van der Waals surface area (Å²) in [5, 5.41) is 12.3. The zero-order valence-corrected chi connectivity index (χ0v) is 16.2. The molecule has 2 N–H and O–H groups in total. The van der Waals surface area contributed by atoms with Crippen LogP contribution in [0.1, 0.15) is 90.4 Å². The fraction of sp³-hybridized carbons (Fsp3) is 0.950. The largest absolute Gasteiger partial charge is 0.446 e. The molecule has 5 heteroatoms. The first-order chi connectivity index (χ1) is 12.2. The molecule has 148 valence electrons. The minimum atomic E-state index is -0.688. The first kappa shape index (κ1) is 22.2. The molecule has 1 heterocycles. The Morgan fingerprint density at radius 3 is 2.24 bits per heavy atom. The molecule has 1 unspecified atom stereocenters. The third-order valence-corrected chi connectivity index (χ3v) is 4.99. The molecule has 0 aromatic rings. The Morgan fingerprint density at radius 2 is 1.68 bits per heavy atom. The molecule has 0 aromatic heterocycles. The molecule has 1 aliphatic heterocycles. The Labute approximate surface area is 153 Å². The molecule has 1 saturated heterocycles. The standard InChI is InChI=1S/C20H39NO4/c1-2-3-4-5-6-7-8-9-10-12-15-21-19(23)24-18-20(17-22)14-11-13-16-25-20/h22H,2-18H2,1H3,(H,21,23). The Balaban J connectivity index is 1.91. The van der Waals surface area contributed by atoms with E-state index in [2.05, 4.69) is 12.2 Å². The van der Waals surface area contributed by atoms with Crippen LogP contribution in [0.3, 0.4) is 0 Å². The van der Waals surface area contributed by atoms with Crippen molar-refractivity contribution in [2.24, 2.45) is 0 Å². The van der Waals surface area contributed by atoms with Crippen molar-refractivity contribution in [3.8, 4) is 0 Å². The van der Waals surface area contributed by atoms with Gasteiger partial charge in [-0.15, -0.1) is 0 Å². The van der Waals surface area contributed by atoms with Gasteiger partial charge in [0.2, 0.25) is 0 Å². The van der Waals surface area contributed by atoms with E-state index in [1.807, 2.05) is 0 Å². The number of amides is 1. The second kappa shape index (κ2) is 14.4. The summed E-state index contributed by atoms with van der Waals surface area (Å²) in [7, 11) is 0. The van der Waals surface area contributed by atoms with Crippen LogP contribution in [-0.2, 0) is 9.47 Å². The highest BCUT2D eigenvalue weighted by atomic mass is 16.6. The summed E-state index contributed by atoms with van der Waals surface area (Å²) < 4.78 is 10.9. The Morgan fingerprint density at radius 1 is 1.04 bits per heavy atom. The van der Waals surface area contributed by atoms with Gasteiger partial charge in [-0.3, -0.25) is 0 Å². The van der Waals surface area contributed by atoms with Crippen molar-refractivity contribution < 1.29 is 19.4 Å². The normalized spacial score (nSPS) is 20.4. The van der Waals surface area contributed by atoms with Gasteiger partial charge in [0.1, 0.15) is 12.2 Å². The molecule has 1 amide bonds. The van der Waals surface area contributed by atoms with Crippen molar-refractivity contribution in [1.82, 2.24) is 5.32 Å². The van der Waals surface area contributed by atoms with Crippen LogP contribution in [0.4, 0.5) is 4.79 Å². The summed E-state index contributed by atoms with van der Waals surface area (Å²) in [6, 6.07) is 0. The molecule has 0 bridgehead atoms. The van der Waals surface area contributed by atoms with Gasteiger partial charge in [-0.25, -0.2) is 4.79 Å². The van der Waals surface area contributed by atoms with Gasteiger partial charge in [0.15, 0.2) is 0 Å². The van der Waals surface area contributed by atoms with Crippen LogP contribution in [-0.4, -0.2) is 43.2 Å². The van der Waals surface area contributed by atoms with Crippen LogP contribution >= 0.6 is 0 Å². The molecule has 0 saturated carbocycles. The molecule has 1 aliphatic rings. The van der Waals surface area contributed by atoms with Gasteiger partial charge in [-0.2, -0.15) is 0 Å².